The molecule has 1 aromatic rings. The number of Topliss-reactive ketones (excluding diaryl/α,β-unsaturated/α-hetero) is 1. The van der Waals surface area contributed by atoms with Gasteiger partial charge in [0.15, 0.2) is 5.78 Å². The first kappa shape index (κ1) is 12.9. The maximum Gasteiger partial charge on any atom is 0.283 e. The van der Waals surface area contributed by atoms with Gasteiger partial charge >= 0.3 is 0 Å². The zero-order valence-corrected chi connectivity index (χ0v) is 10.2. The highest BCUT2D eigenvalue weighted by molar-refractivity contribution is 14.1. The van der Waals surface area contributed by atoms with Crippen molar-refractivity contribution in [2.45, 2.75) is 13.3 Å². The van der Waals surface area contributed by atoms with Gasteiger partial charge in [-0.3, -0.25) is 14.9 Å². The molecule has 0 atom stereocenters. The Labute approximate surface area is 103 Å². The molecule has 0 unspecified atom stereocenters. The zero-order chi connectivity index (χ0) is 12.5. The number of ketones is 1. The topological polar surface area (TPSA) is 60.2 Å². The first-order valence-corrected chi connectivity index (χ1v) is 5.19. The lowest BCUT2D eigenvalue weighted by molar-refractivity contribution is -0.385. The molecule has 16 heavy (non-hydrogen) atoms. The van der Waals surface area contributed by atoms with Gasteiger partial charge < -0.3 is 0 Å². The maximum atomic E-state index is 12.6. The first-order valence-electron chi connectivity index (χ1n) is 4.11. The van der Waals surface area contributed by atoms with Crippen LogP contribution in [0.15, 0.2) is 12.1 Å². The Kier molecular flexibility index (Phi) is 3.89. The fraction of sp³-hybridized carbons (Fsp3) is 0.222. The Hall–Kier alpha value is -1.12. The number of carbonyl (C=O) groups is 1. The minimum Gasteiger partial charge on any atom is -0.294 e. The van der Waals surface area contributed by atoms with Crippen molar-refractivity contribution in [3.8, 4) is 0 Å². The molecule has 0 aromatic heterocycles. The van der Waals surface area contributed by atoms with E-state index in [1.54, 1.807) is 22.6 Å². The number of nitro benzene ring substituents is 1. The molecule has 0 aliphatic rings. The molecule has 1 rings (SSSR count). The third-order valence-electron chi connectivity index (χ3n) is 1.93. The fourth-order valence-corrected chi connectivity index (χ4v) is 1.87. The smallest absolute Gasteiger partial charge is 0.283 e. The number of hydrogen-bond donors (Lipinski definition) is 0. The van der Waals surface area contributed by atoms with Gasteiger partial charge in [0.1, 0.15) is 0 Å². The van der Waals surface area contributed by atoms with E-state index in [4.69, 9.17) is 0 Å². The van der Waals surface area contributed by atoms with Crippen LogP contribution in [0, 0.1) is 13.7 Å². The van der Waals surface area contributed by atoms with Crippen LogP contribution in [0.25, 0.3) is 0 Å². The molecule has 0 saturated carbocycles. The summed E-state index contributed by atoms with van der Waals surface area (Å²) in [7, 11) is 0. The Morgan fingerprint density at radius 2 is 2.06 bits per heavy atom. The van der Waals surface area contributed by atoms with Crippen molar-refractivity contribution in [3.63, 3.8) is 0 Å². The third kappa shape index (κ3) is 2.52. The average molecular weight is 341 g/mol. The van der Waals surface area contributed by atoms with E-state index >= 15 is 0 Å². The van der Waals surface area contributed by atoms with Crippen molar-refractivity contribution in [1.29, 1.82) is 0 Å². The molecular formula is C9H6F2INO3. The van der Waals surface area contributed by atoms with Crippen LogP contribution < -0.4 is 0 Å². The van der Waals surface area contributed by atoms with Gasteiger partial charge in [0, 0.05) is 17.2 Å². The molecule has 4 nitrogen and oxygen atoms in total. The number of alkyl halides is 2. The van der Waals surface area contributed by atoms with Crippen molar-refractivity contribution < 1.29 is 18.5 Å². The van der Waals surface area contributed by atoms with Gasteiger partial charge in [-0.25, -0.2) is 8.78 Å². The number of nitrogens with zero attached hydrogens (tertiary/aromatic N) is 1. The highest BCUT2D eigenvalue weighted by Crippen LogP contribution is 2.31. The van der Waals surface area contributed by atoms with Crippen LogP contribution in [0.2, 0.25) is 0 Å². The minimum atomic E-state index is -2.91. The van der Waals surface area contributed by atoms with Crippen LogP contribution in [0.3, 0.4) is 0 Å². The number of carbonyl (C=O) groups excluding carboxylic acids is 1. The van der Waals surface area contributed by atoms with Crippen molar-refractivity contribution in [2.24, 2.45) is 0 Å². The van der Waals surface area contributed by atoms with E-state index in [0.29, 0.717) is 0 Å². The molecule has 0 N–H and O–H groups in total. The summed E-state index contributed by atoms with van der Waals surface area (Å²) in [5.74, 6) is -0.539. The Morgan fingerprint density at radius 3 is 2.44 bits per heavy atom. The number of halogens is 3. The van der Waals surface area contributed by atoms with Gasteiger partial charge in [-0.1, -0.05) is 0 Å². The average Bonchev–Trinajstić information content (AvgIpc) is 2.15. The van der Waals surface area contributed by atoms with E-state index in [1.807, 2.05) is 0 Å². The molecule has 0 aliphatic heterocycles. The molecule has 0 heterocycles. The standard InChI is InChI=1S/C9H6F2INO3/c1-4(14)5-2-7(12)8(13(15)16)3-6(5)9(10)11/h2-3,9H,1H3. The largest absolute Gasteiger partial charge is 0.294 e. The molecule has 0 amide bonds. The van der Waals surface area contributed by atoms with Gasteiger partial charge in [0.25, 0.3) is 12.1 Å². The lowest BCUT2D eigenvalue weighted by Gasteiger charge is -2.06. The van der Waals surface area contributed by atoms with E-state index in [2.05, 4.69) is 0 Å². The second-order valence-electron chi connectivity index (χ2n) is 3.00. The van der Waals surface area contributed by atoms with E-state index < -0.39 is 28.4 Å². The molecule has 0 saturated heterocycles. The van der Waals surface area contributed by atoms with Crippen LogP contribution in [0.1, 0.15) is 29.3 Å². The summed E-state index contributed by atoms with van der Waals surface area (Å²) in [5.41, 5.74) is -1.19. The Balaban J connectivity index is 3.49. The quantitative estimate of drug-likeness (QED) is 0.367. The highest BCUT2D eigenvalue weighted by Gasteiger charge is 2.23. The summed E-state index contributed by atoms with van der Waals surface area (Å²) >= 11 is 1.64. The number of nitro groups is 1. The zero-order valence-electron chi connectivity index (χ0n) is 8.04. The summed E-state index contributed by atoms with van der Waals surface area (Å²) in [6, 6.07) is 1.87. The predicted octanol–water partition coefficient (Wildman–Crippen LogP) is 3.34. The summed E-state index contributed by atoms with van der Waals surface area (Å²) in [4.78, 5) is 20.9. The van der Waals surface area contributed by atoms with Crippen LogP contribution in [-0.4, -0.2) is 10.7 Å². The summed E-state index contributed by atoms with van der Waals surface area (Å²) < 4.78 is 25.3. The van der Waals surface area contributed by atoms with E-state index in [0.717, 1.165) is 19.1 Å². The van der Waals surface area contributed by atoms with Gasteiger partial charge in [-0.15, -0.1) is 0 Å². The SMILES string of the molecule is CC(=O)c1cc(I)c([N+](=O)[O-])cc1C(F)F. The van der Waals surface area contributed by atoms with E-state index in [-0.39, 0.29) is 9.13 Å². The molecule has 0 bridgehead atoms. The van der Waals surface area contributed by atoms with Crippen LogP contribution in [0.4, 0.5) is 14.5 Å². The van der Waals surface area contributed by atoms with Crippen molar-refractivity contribution >= 4 is 34.1 Å². The Bertz CT molecular complexity index is 462. The number of hydrogen-bond acceptors (Lipinski definition) is 3. The molecule has 1 aromatic carbocycles. The van der Waals surface area contributed by atoms with Gasteiger partial charge in [0.2, 0.25) is 0 Å². The van der Waals surface area contributed by atoms with Gasteiger partial charge in [-0.05, 0) is 35.6 Å². The Morgan fingerprint density at radius 1 is 1.50 bits per heavy atom. The van der Waals surface area contributed by atoms with Crippen molar-refractivity contribution in [2.75, 3.05) is 0 Å². The second kappa shape index (κ2) is 4.81. The lowest BCUT2D eigenvalue weighted by Crippen LogP contribution is -2.03. The van der Waals surface area contributed by atoms with E-state index in [1.165, 1.54) is 0 Å². The molecule has 0 spiro atoms. The maximum absolute atomic E-state index is 12.6. The molecular weight excluding hydrogens is 335 g/mol. The monoisotopic (exact) mass is 341 g/mol. The molecule has 7 heteroatoms. The fourth-order valence-electron chi connectivity index (χ4n) is 1.20. The third-order valence-corrected chi connectivity index (χ3v) is 2.79. The summed E-state index contributed by atoms with van der Waals surface area (Å²) in [6.07, 6.45) is -2.91. The molecule has 86 valence electrons. The first-order chi connectivity index (χ1) is 7.34. The number of benzene rings is 1. The molecule has 0 aliphatic carbocycles. The van der Waals surface area contributed by atoms with Gasteiger partial charge in [-0.2, -0.15) is 0 Å². The lowest BCUT2D eigenvalue weighted by atomic mass is 10.0. The highest BCUT2D eigenvalue weighted by atomic mass is 127. The molecule has 0 fully saturated rings. The number of rotatable bonds is 3. The van der Waals surface area contributed by atoms with Crippen LogP contribution in [0.5, 0.6) is 0 Å². The second-order valence-corrected chi connectivity index (χ2v) is 4.17. The van der Waals surface area contributed by atoms with Gasteiger partial charge in [0.05, 0.1) is 8.49 Å². The van der Waals surface area contributed by atoms with Crippen LogP contribution in [-0.2, 0) is 0 Å². The summed E-state index contributed by atoms with van der Waals surface area (Å²) in [5, 5.41) is 10.5. The molecule has 0 radical (unpaired) electrons. The predicted molar refractivity (Wildman–Crippen MR) is 60.8 cm³/mol. The minimum absolute atomic E-state index is 0.164. The van der Waals surface area contributed by atoms with Crippen molar-refractivity contribution in [3.05, 3.63) is 36.9 Å². The normalized spacial score (nSPS) is 10.6. The van der Waals surface area contributed by atoms with Crippen LogP contribution >= 0.6 is 22.6 Å². The van der Waals surface area contributed by atoms with E-state index in [9.17, 15) is 23.7 Å². The summed E-state index contributed by atoms with van der Waals surface area (Å²) in [6.45, 7) is 1.14. The van der Waals surface area contributed by atoms with Crippen molar-refractivity contribution in [1.82, 2.24) is 0 Å².